The lowest BCUT2D eigenvalue weighted by Crippen LogP contribution is -2.70. The van der Waals surface area contributed by atoms with E-state index >= 15 is 4.79 Å². The van der Waals surface area contributed by atoms with Crippen LogP contribution in [0.15, 0.2) is 30.9 Å². The number of ether oxygens (including phenoxy) is 8. The van der Waals surface area contributed by atoms with Crippen molar-refractivity contribution in [3.63, 3.8) is 0 Å². The Balaban J connectivity index is 1.26. The number of nitrogens with one attached hydrogen (secondary N) is 1. The Bertz CT molecular complexity index is 2640. The number of aromatic hydroxyl groups is 1. The average Bonchev–Trinajstić information content (AvgIpc) is 3.81. The van der Waals surface area contributed by atoms with Crippen molar-refractivity contribution >= 4 is 29.9 Å². The zero-order valence-corrected chi connectivity index (χ0v) is 42.2. The van der Waals surface area contributed by atoms with E-state index in [0.717, 1.165) is 42.4 Å². The first kappa shape index (κ1) is 49.3. The molecule has 0 radical (unpaired) electrons. The smallest absolute Gasteiger partial charge is 0.504 e. The molecule has 2 saturated heterocycles. The maximum Gasteiger partial charge on any atom is 0.514 e. The molecule has 0 saturated carbocycles. The summed E-state index contributed by atoms with van der Waals surface area (Å²) in [6.07, 6.45) is 6.79. The number of methoxy groups -OCH3 is 2. The minimum absolute atomic E-state index is 0.0161. The van der Waals surface area contributed by atoms with E-state index in [1.54, 1.807) is 32.9 Å². The largest absolute Gasteiger partial charge is 0.514 e. The zero-order chi connectivity index (χ0) is 49.8. The number of phenols is 1. The van der Waals surface area contributed by atoms with Gasteiger partial charge in [-0.2, -0.15) is 5.26 Å². The summed E-state index contributed by atoms with van der Waals surface area (Å²) >= 11 is 1.47. The van der Waals surface area contributed by atoms with Crippen LogP contribution in [0.5, 0.6) is 40.2 Å². The molecule has 70 heavy (non-hydrogen) atoms. The Hall–Kier alpha value is -5.67. The predicted octanol–water partition coefficient (Wildman–Crippen LogP) is 8.49. The van der Waals surface area contributed by atoms with Crippen LogP contribution in [0.25, 0.3) is 0 Å². The van der Waals surface area contributed by atoms with Crippen LogP contribution in [0.3, 0.4) is 0 Å². The van der Waals surface area contributed by atoms with Crippen LogP contribution in [0, 0.1) is 25.2 Å². The number of piperazine rings is 1. The average molecular weight is 981 g/mol. The lowest BCUT2D eigenvalue weighted by molar-refractivity contribution is -0.157. The number of rotatable bonds is 12. The number of unbranched alkanes of at least 4 members (excludes halogenated alkanes) is 4. The molecular weight excluding hydrogens is 917 g/mol. The molecular formula is C53H64N4O12S. The van der Waals surface area contributed by atoms with Crippen molar-refractivity contribution in [1.82, 2.24) is 15.1 Å². The van der Waals surface area contributed by atoms with Crippen LogP contribution in [0.4, 0.5) is 4.79 Å². The number of hydrogen-bond acceptors (Lipinski definition) is 17. The molecule has 16 nitrogen and oxygen atoms in total. The summed E-state index contributed by atoms with van der Waals surface area (Å²) in [5, 5.41) is 26.8. The molecule has 7 heterocycles. The second-order valence-corrected chi connectivity index (χ2v) is 21.1. The second kappa shape index (κ2) is 19.5. The minimum atomic E-state index is -1.47. The standard InChI is InChI=1S/C53H64N4O12S/c1-10-12-13-14-15-16-38(58)68-46-29(4)47-48(66-27-65-47)40-35-25-64-50(60)53(32-23-36(62-8)37(22-30(32)17-18-55-53)67-51(61)69-52(5,6)7)26-70-49(41(40)46)43-42-39-31(20-28(3)45(63-9)44(39)59)21-33(56(42)19-11-2)34(24-54)57(35)43/h11,20,22-23,33-35,42-43,49,55,59H,2,10,12-19,21,25-27H2,1,3-9H3/t33?,34-,35-,42-,43?,49+,53+/m0/s1. The second-order valence-electron chi connectivity index (χ2n) is 20.0. The highest BCUT2D eigenvalue weighted by Gasteiger charge is 2.62. The van der Waals surface area contributed by atoms with Crippen LogP contribution < -0.4 is 33.7 Å². The normalized spacial score (nSPS) is 25.3. The molecule has 2 fully saturated rings. The molecule has 7 aliphatic heterocycles. The van der Waals surface area contributed by atoms with Crippen LogP contribution in [-0.4, -0.2) is 103 Å². The van der Waals surface area contributed by atoms with Crippen molar-refractivity contribution < 1.29 is 57.4 Å². The predicted molar refractivity (Wildman–Crippen MR) is 260 cm³/mol. The molecule has 7 atom stereocenters. The van der Waals surface area contributed by atoms with Gasteiger partial charge in [0.05, 0.1) is 37.6 Å². The summed E-state index contributed by atoms with van der Waals surface area (Å²) in [7, 11) is 3.00. The molecule has 7 aliphatic rings. The third-order valence-corrected chi connectivity index (χ3v) is 16.1. The molecule has 0 aliphatic carbocycles. The van der Waals surface area contributed by atoms with E-state index in [1.807, 2.05) is 26.0 Å². The van der Waals surface area contributed by atoms with Gasteiger partial charge < -0.3 is 43.0 Å². The molecule has 10 rings (SSSR count). The third kappa shape index (κ3) is 8.37. The van der Waals surface area contributed by atoms with E-state index < -0.39 is 52.7 Å². The van der Waals surface area contributed by atoms with Crippen LogP contribution in [0.1, 0.15) is 128 Å². The van der Waals surface area contributed by atoms with Gasteiger partial charge >= 0.3 is 18.1 Å². The summed E-state index contributed by atoms with van der Waals surface area (Å²) in [6.45, 7) is 15.8. The molecule has 1 spiro atoms. The highest BCUT2D eigenvalue weighted by atomic mass is 32.2. The van der Waals surface area contributed by atoms with Gasteiger partial charge in [0.15, 0.2) is 40.0 Å². The van der Waals surface area contributed by atoms with Gasteiger partial charge in [-0.05, 0) is 88.3 Å². The maximum absolute atomic E-state index is 15.3. The molecule has 3 aromatic carbocycles. The summed E-state index contributed by atoms with van der Waals surface area (Å²) in [4.78, 5) is 46.8. The number of fused-ring (bicyclic) bond motifs is 9. The lowest BCUT2D eigenvalue weighted by Gasteiger charge is -2.62. The SMILES string of the molecule is C=CCN1C2Cc3cc(C)c(OC)c(O)c3[C@H]1C1[C@@H]3SC[C@]4(NCCc5cc(OC(=O)OC(C)(C)C)c(OC)cc54)C(=O)OC[C@@H](c4c5c(c(C)c(OC(=O)CCCCCCC)c43)OCO5)N1[C@H]2C#N. The quantitative estimate of drug-likeness (QED) is 0.0578. The van der Waals surface area contributed by atoms with Gasteiger partial charge in [0.1, 0.15) is 24.0 Å². The zero-order valence-electron chi connectivity index (χ0n) is 41.4. The molecule has 17 heteroatoms. The fourth-order valence-corrected chi connectivity index (χ4v) is 13.4. The molecule has 374 valence electrons. The number of hydrogen-bond donors (Lipinski definition) is 2. The highest BCUT2D eigenvalue weighted by molar-refractivity contribution is 7.99. The van der Waals surface area contributed by atoms with Gasteiger partial charge in [0, 0.05) is 59.6 Å². The number of benzene rings is 3. The Kier molecular flexibility index (Phi) is 13.7. The number of carbonyl (C=O) groups is 3. The van der Waals surface area contributed by atoms with E-state index in [4.69, 9.17) is 37.9 Å². The Labute approximate surface area is 413 Å². The summed E-state index contributed by atoms with van der Waals surface area (Å²) in [5.74, 6) is 1.10. The highest BCUT2D eigenvalue weighted by Crippen LogP contribution is 2.65. The number of aryl methyl sites for hydroxylation is 1. The van der Waals surface area contributed by atoms with Gasteiger partial charge in [-0.3, -0.25) is 19.9 Å². The van der Waals surface area contributed by atoms with Crippen molar-refractivity contribution in [2.75, 3.05) is 46.5 Å². The number of nitriles is 1. The first-order valence-corrected chi connectivity index (χ1v) is 25.4. The molecule has 3 aromatic rings. The van der Waals surface area contributed by atoms with Crippen LogP contribution >= 0.6 is 11.8 Å². The number of thioether (sulfide) groups is 1. The van der Waals surface area contributed by atoms with Crippen molar-refractivity contribution in [3.8, 4) is 46.3 Å². The van der Waals surface area contributed by atoms with Crippen molar-refractivity contribution in [1.29, 1.82) is 5.26 Å². The van der Waals surface area contributed by atoms with Gasteiger partial charge in [-0.1, -0.05) is 44.7 Å². The van der Waals surface area contributed by atoms with Crippen molar-refractivity contribution in [2.24, 2.45) is 0 Å². The van der Waals surface area contributed by atoms with Crippen LogP contribution in [-0.2, 0) is 37.4 Å². The Morgan fingerprint density at radius 2 is 1.77 bits per heavy atom. The van der Waals surface area contributed by atoms with Gasteiger partial charge in [-0.25, -0.2) is 9.59 Å². The Morgan fingerprint density at radius 3 is 2.49 bits per heavy atom. The number of esters is 2. The molecule has 2 N–H and O–H groups in total. The van der Waals surface area contributed by atoms with Crippen molar-refractivity contribution in [2.45, 2.75) is 140 Å². The fourth-order valence-electron chi connectivity index (χ4n) is 11.8. The summed E-state index contributed by atoms with van der Waals surface area (Å²) in [6, 6.07) is 5.03. The molecule has 2 unspecified atom stereocenters. The molecule has 4 bridgehead atoms. The minimum Gasteiger partial charge on any atom is -0.504 e. The summed E-state index contributed by atoms with van der Waals surface area (Å²) in [5.41, 5.74) is 3.30. The third-order valence-electron chi connectivity index (χ3n) is 14.6. The summed E-state index contributed by atoms with van der Waals surface area (Å²) < 4.78 is 48.7. The van der Waals surface area contributed by atoms with E-state index in [2.05, 4.69) is 34.7 Å². The molecule has 0 amide bonds. The number of carbonyl (C=O) groups excluding carboxylic acids is 3. The maximum atomic E-state index is 15.3. The van der Waals surface area contributed by atoms with Gasteiger partial charge in [-0.15, -0.1) is 18.3 Å². The lowest BCUT2D eigenvalue weighted by atomic mass is 9.71. The first-order valence-electron chi connectivity index (χ1n) is 24.4. The van der Waals surface area contributed by atoms with E-state index in [9.17, 15) is 20.0 Å². The van der Waals surface area contributed by atoms with Gasteiger partial charge in [0.25, 0.3) is 0 Å². The van der Waals surface area contributed by atoms with E-state index in [0.29, 0.717) is 83.2 Å². The van der Waals surface area contributed by atoms with E-state index in [-0.39, 0.29) is 54.8 Å². The molecule has 0 aromatic heterocycles. The number of phenolic OH excluding ortho intramolecular Hbond substituents is 1. The van der Waals surface area contributed by atoms with Crippen molar-refractivity contribution in [3.05, 3.63) is 75.4 Å². The first-order chi connectivity index (χ1) is 33.6. The fraction of sp³-hybridized carbons (Fsp3) is 0.547. The van der Waals surface area contributed by atoms with E-state index in [1.165, 1.54) is 26.0 Å². The topological polar surface area (TPSA) is 188 Å². The van der Waals surface area contributed by atoms with Gasteiger partial charge in [0.2, 0.25) is 6.79 Å². The Morgan fingerprint density at radius 1 is 1.00 bits per heavy atom. The van der Waals surface area contributed by atoms with Crippen LogP contribution in [0.2, 0.25) is 0 Å². The number of nitrogens with zero attached hydrogens (tertiary/aromatic N) is 3. The monoisotopic (exact) mass is 980 g/mol.